The Morgan fingerprint density at radius 2 is 2.08 bits per heavy atom. The Kier molecular flexibility index (Phi) is 4.31. The number of nitrogens with zero attached hydrogens (tertiary/aromatic N) is 3. The summed E-state index contributed by atoms with van der Waals surface area (Å²) in [5.41, 5.74) is 1.58. The molecule has 8 heteroatoms. The number of aromatic nitrogens is 2. The molecule has 7 nitrogen and oxygen atoms in total. The summed E-state index contributed by atoms with van der Waals surface area (Å²) in [6.07, 6.45) is 2.61. The van der Waals surface area contributed by atoms with E-state index in [9.17, 15) is 13.2 Å². The Balaban J connectivity index is 1.99. The first-order valence-electron chi connectivity index (χ1n) is 7.70. The number of hydrogen-bond acceptors (Lipinski definition) is 4. The lowest BCUT2D eigenvalue weighted by molar-refractivity contribution is -0.137. The van der Waals surface area contributed by atoms with Crippen molar-refractivity contribution in [1.82, 2.24) is 9.78 Å². The van der Waals surface area contributed by atoms with Gasteiger partial charge in [0.25, 0.3) is 10.0 Å². The van der Waals surface area contributed by atoms with Gasteiger partial charge in [0, 0.05) is 20.0 Å². The molecule has 128 valence electrons. The van der Waals surface area contributed by atoms with Crippen LogP contribution in [0.1, 0.15) is 18.4 Å². The molecule has 1 aliphatic rings. The zero-order valence-corrected chi connectivity index (χ0v) is 14.1. The van der Waals surface area contributed by atoms with E-state index in [0.29, 0.717) is 18.5 Å². The number of carboxylic acids is 1. The lowest BCUT2D eigenvalue weighted by atomic mass is 9.90. The van der Waals surface area contributed by atoms with Gasteiger partial charge in [0.2, 0.25) is 0 Å². The molecule has 0 fully saturated rings. The van der Waals surface area contributed by atoms with E-state index in [4.69, 9.17) is 5.11 Å². The fourth-order valence-electron chi connectivity index (χ4n) is 3.11. The van der Waals surface area contributed by atoms with Crippen molar-refractivity contribution in [2.75, 3.05) is 10.8 Å². The molecular formula is C16H19N3O4S. The summed E-state index contributed by atoms with van der Waals surface area (Å²) in [7, 11) is -2.16. The van der Waals surface area contributed by atoms with Crippen molar-refractivity contribution < 1.29 is 18.3 Å². The first-order valence-corrected chi connectivity index (χ1v) is 9.14. The van der Waals surface area contributed by atoms with Crippen LogP contribution < -0.4 is 4.31 Å². The van der Waals surface area contributed by atoms with Gasteiger partial charge < -0.3 is 5.11 Å². The highest BCUT2D eigenvalue weighted by Crippen LogP contribution is 2.35. The van der Waals surface area contributed by atoms with Gasteiger partial charge in [-0.05, 0) is 36.5 Å². The number of para-hydroxylation sites is 1. The zero-order valence-electron chi connectivity index (χ0n) is 13.3. The fourth-order valence-corrected chi connectivity index (χ4v) is 4.80. The molecule has 0 radical (unpaired) electrons. The molecule has 0 spiro atoms. The molecule has 2 aromatic rings. The highest BCUT2D eigenvalue weighted by Gasteiger charge is 2.34. The molecule has 0 saturated heterocycles. The van der Waals surface area contributed by atoms with E-state index in [0.717, 1.165) is 5.56 Å². The lowest BCUT2D eigenvalue weighted by Gasteiger charge is -2.35. The molecule has 1 atom stereocenters. The second-order valence-electron chi connectivity index (χ2n) is 5.96. The van der Waals surface area contributed by atoms with Crippen molar-refractivity contribution in [3.05, 3.63) is 42.1 Å². The maximum atomic E-state index is 13.1. The molecule has 0 saturated carbocycles. The van der Waals surface area contributed by atoms with Gasteiger partial charge in [-0.2, -0.15) is 13.5 Å². The van der Waals surface area contributed by atoms with Crippen LogP contribution in [-0.2, 0) is 28.3 Å². The topological polar surface area (TPSA) is 92.5 Å². The minimum Gasteiger partial charge on any atom is -0.481 e. The van der Waals surface area contributed by atoms with Crippen molar-refractivity contribution in [2.24, 2.45) is 13.0 Å². The molecule has 3 rings (SSSR count). The number of aryl methyl sites for hydroxylation is 1. The number of sulfonamides is 1. The molecule has 1 N–H and O–H groups in total. The highest BCUT2D eigenvalue weighted by atomic mass is 32.2. The summed E-state index contributed by atoms with van der Waals surface area (Å²) in [4.78, 5) is 10.9. The number of benzene rings is 1. The smallest absolute Gasteiger partial charge is 0.303 e. The van der Waals surface area contributed by atoms with Gasteiger partial charge >= 0.3 is 5.97 Å². The SMILES string of the molecule is Cn1nccc1S(=O)(=O)N1CC(CCC(=O)O)Cc2ccccc21. The molecule has 1 aliphatic heterocycles. The van der Waals surface area contributed by atoms with E-state index >= 15 is 0 Å². The molecule has 0 amide bonds. The predicted octanol–water partition coefficient (Wildman–Crippen LogP) is 1.65. The van der Waals surface area contributed by atoms with Crippen molar-refractivity contribution in [1.29, 1.82) is 0 Å². The Morgan fingerprint density at radius 3 is 2.75 bits per heavy atom. The van der Waals surface area contributed by atoms with Gasteiger partial charge in [0.05, 0.1) is 11.9 Å². The number of carbonyl (C=O) groups is 1. The Hall–Kier alpha value is -2.35. The summed E-state index contributed by atoms with van der Waals surface area (Å²) >= 11 is 0. The van der Waals surface area contributed by atoms with Crippen LogP contribution in [-0.4, -0.2) is 35.8 Å². The van der Waals surface area contributed by atoms with Gasteiger partial charge in [0.1, 0.15) is 0 Å². The standard InChI is InChI=1S/C16H19N3O4S/c1-18-15(8-9-17-18)24(22,23)19-11-12(6-7-16(20)21)10-13-4-2-3-5-14(13)19/h2-5,8-9,12H,6-7,10-11H2,1H3,(H,20,21). The third-order valence-corrected chi connectivity index (χ3v) is 6.14. The van der Waals surface area contributed by atoms with Crippen LogP contribution in [0.4, 0.5) is 5.69 Å². The number of hydrogen-bond donors (Lipinski definition) is 1. The Bertz CT molecular complexity index is 860. The molecular weight excluding hydrogens is 330 g/mol. The van der Waals surface area contributed by atoms with Crippen LogP contribution in [0.15, 0.2) is 41.6 Å². The molecule has 1 aromatic carbocycles. The fraction of sp³-hybridized carbons (Fsp3) is 0.375. The van der Waals surface area contributed by atoms with Crippen molar-refractivity contribution in [3.8, 4) is 0 Å². The van der Waals surface area contributed by atoms with Crippen molar-refractivity contribution in [2.45, 2.75) is 24.3 Å². The summed E-state index contributed by atoms with van der Waals surface area (Å²) in [6, 6.07) is 8.83. The molecule has 0 bridgehead atoms. The minimum atomic E-state index is -3.75. The maximum Gasteiger partial charge on any atom is 0.303 e. The van der Waals surface area contributed by atoms with E-state index < -0.39 is 16.0 Å². The first kappa shape index (κ1) is 16.5. The number of fused-ring (bicyclic) bond motifs is 1. The summed E-state index contributed by atoms with van der Waals surface area (Å²) < 4.78 is 28.8. The third-order valence-electron chi connectivity index (χ3n) is 4.29. The Morgan fingerprint density at radius 1 is 1.33 bits per heavy atom. The van der Waals surface area contributed by atoms with Crippen LogP contribution in [0.5, 0.6) is 0 Å². The lowest BCUT2D eigenvalue weighted by Crippen LogP contribution is -2.40. The van der Waals surface area contributed by atoms with Gasteiger partial charge in [-0.1, -0.05) is 18.2 Å². The molecule has 2 heterocycles. The normalized spacial score (nSPS) is 17.5. The maximum absolute atomic E-state index is 13.1. The van der Waals surface area contributed by atoms with Crippen LogP contribution in [0.2, 0.25) is 0 Å². The van der Waals surface area contributed by atoms with Gasteiger partial charge in [-0.25, -0.2) is 0 Å². The van der Waals surface area contributed by atoms with Crippen LogP contribution in [0.25, 0.3) is 0 Å². The zero-order chi connectivity index (χ0) is 17.3. The van der Waals surface area contributed by atoms with Crippen molar-refractivity contribution >= 4 is 21.7 Å². The monoisotopic (exact) mass is 349 g/mol. The average molecular weight is 349 g/mol. The van der Waals surface area contributed by atoms with Gasteiger partial charge in [-0.15, -0.1) is 0 Å². The molecule has 1 unspecified atom stereocenters. The van der Waals surface area contributed by atoms with E-state index in [1.165, 1.54) is 21.3 Å². The van der Waals surface area contributed by atoms with E-state index in [1.54, 1.807) is 13.1 Å². The van der Waals surface area contributed by atoms with Crippen LogP contribution >= 0.6 is 0 Å². The molecule has 0 aliphatic carbocycles. The highest BCUT2D eigenvalue weighted by molar-refractivity contribution is 7.92. The van der Waals surface area contributed by atoms with Crippen LogP contribution in [0.3, 0.4) is 0 Å². The van der Waals surface area contributed by atoms with Gasteiger partial charge in [-0.3, -0.25) is 13.8 Å². The molecule has 24 heavy (non-hydrogen) atoms. The van der Waals surface area contributed by atoms with Gasteiger partial charge in [0.15, 0.2) is 5.03 Å². The van der Waals surface area contributed by atoms with Crippen molar-refractivity contribution in [3.63, 3.8) is 0 Å². The quantitative estimate of drug-likeness (QED) is 0.886. The number of aliphatic carboxylic acids is 1. The first-order chi connectivity index (χ1) is 11.4. The van der Waals surface area contributed by atoms with E-state index in [2.05, 4.69) is 5.10 Å². The summed E-state index contributed by atoms with van der Waals surface area (Å²) in [5, 5.41) is 13.0. The largest absolute Gasteiger partial charge is 0.481 e. The molecule has 1 aromatic heterocycles. The van der Waals surface area contributed by atoms with Crippen LogP contribution in [0, 0.1) is 5.92 Å². The Labute approximate surface area is 140 Å². The predicted molar refractivity (Wildman–Crippen MR) is 88.2 cm³/mol. The second kappa shape index (κ2) is 6.27. The number of carboxylic acid groups (broad SMARTS) is 1. The number of anilines is 1. The third kappa shape index (κ3) is 3.01. The minimum absolute atomic E-state index is 0.0287. The summed E-state index contributed by atoms with van der Waals surface area (Å²) in [6.45, 7) is 0.276. The van der Waals surface area contributed by atoms with E-state index in [1.807, 2.05) is 18.2 Å². The second-order valence-corrected chi connectivity index (χ2v) is 7.77. The van der Waals surface area contributed by atoms with E-state index in [-0.39, 0.29) is 23.9 Å². The number of rotatable bonds is 5. The average Bonchev–Trinajstić information content (AvgIpc) is 2.99. The summed E-state index contributed by atoms with van der Waals surface area (Å²) in [5.74, 6) is -0.895.